The summed E-state index contributed by atoms with van der Waals surface area (Å²) in [6, 6.07) is 18.2. The molecule has 3 aliphatic carbocycles. The molecule has 3 fully saturated rings. The molecule has 3 saturated heterocycles. The van der Waals surface area contributed by atoms with Crippen molar-refractivity contribution in [3.8, 4) is 0 Å². The Bertz CT molecular complexity index is 4850. The molecule has 0 saturated carbocycles. The van der Waals surface area contributed by atoms with Crippen molar-refractivity contribution in [2.45, 2.75) is 270 Å². The molecule has 36 heteroatoms. The Morgan fingerprint density at radius 2 is 0.636 bits per heavy atom. The first kappa shape index (κ1) is 97.4. The predicted octanol–water partition coefficient (Wildman–Crippen LogP) is 4.80. The first-order valence-corrected chi connectivity index (χ1v) is 46.6. The lowest BCUT2D eigenvalue weighted by molar-refractivity contribution is -0.144. The van der Waals surface area contributed by atoms with E-state index in [4.69, 9.17) is 0 Å². The number of nitrogens with zero attached hydrogens (tertiary/aromatic N) is 12. The van der Waals surface area contributed by atoms with Gasteiger partial charge in [-0.2, -0.15) is 0 Å². The third kappa shape index (κ3) is 23.1. The molecule has 36 nitrogen and oxygen atoms in total. The molecule has 6 heterocycles. The number of amides is 12. The highest BCUT2D eigenvalue weighted by molar-refractivity contribution is 6.05. The topological polar surface area (TPSA) is 451 Å². The maximum absolute atomic E-state index is 15.0. The van der Waals surface area contributed by atoms with Gasteiger partial charge in [0.15, 0.2) is 0 Å². The second-order valence-corrected chi connectivity index (χ2v) is 39.5. The Hall–Kier alpha value is -12.2. The summed E-state index contributed by atoms with van der Waals surface area (Å²) in [5.41, 5.74) is 5.59. The standard InChI is InChI=1S/C96H132N24O12/c1-55(97-13)82(121)106-79(94(4,5)6)91(130)115-52-67(46-76(115)88(127)103-73-34-22-28-58-25-16-19-31-70(58)73)118-49-64(109-112-118)37-40-100-85(124)61-43-62(86(125)101-41-38-65-50-119(113-110-65)68-47-77(89(128)104-74-35-23-29-59-26-17-20-32-71(59)74)116(53-68)92(131)80(95(7,8)9)107-83(122)56(2)98-14)45-63(44-61)87(126)102-42-39-66-51-120(114-111-66)69-48-78(90(129)105-75-36-24-30-60-27-18-21-33-72(60)75)117(54-69)93(132)81(96(10,11)12)108-84(123)57(3)99-15/h16-21,25-27,31-33,43-45,49-51,55-57,67-69,73-81,97-99H,22-24,28-30,34-42,46-48,52-54H2,1-15H3,(H,100,124)(H,101,125)(H,102,126)(H,103,127)(H,104,128)(H,105,129)(H,106,121)(H,107,122)(H,108,123)/t55-,56-,57-,67-,68-,69?,73+,74+,75+,76-,77-,78-,79+,80+,81+/m0/s1. The normalized spacial score (nSPS) is 21.5. The molecule has 7 aromatic rings. The minimum Gasteiger partial charge on any atom is -0.352 e. The van der Waals surface area contributed by atoms with Gasteiger partial charge in [-0.05, 0) is 168 Å². The average Bonchev–Trinajstić information content (AvgIpc) is 1.64. The Balaban J connectivity index is 0.713. The quantitative estimate of drug-likeness (QED) is 0.0263. The lowest BCUT2D eigenvalue weighted by atomic mass is 9.85. The van der Waals surface area contributed by atoms with E-state index in [1.807, 2.05) is 117 Å². The first-order valence-electron chi connectivity index (χ1n) is 46.6. The summed E-state index contributed by atoms with van der Waals surface area (Å²) in [5, 5.41) is 63.2. The maximum atomic E-state index is 15.0. The van der Waals surface area contributed by atoms with E-state index in [-0.39, 0.29) is 148 Å². The number of fused-ring (bicyclic) bond motifs is 3. The number of aryl methyl sites for hydroxylation is 3. The highest BCUT2D eigenvalue weighted by Crippen LogP contribution is 2.39. The number of carbonyl (C=O) groups excluding carboxylic acids is 12. The van der Waals surface area contributed by atoms with Crippen LogP contribution in [0.25, 0.3) is 0 Å². The van der Waals surface area contributed by atoms with Crippen LogP contribution in [0.3, 0.4) is 0 Å². The zero-order chi connectivity index (χ0) is 94.8. The molecule has 0 spiro atoms. The summed E-state index contributed by atoms with van der Waals surface area (Å²) in [6.45, 7) is 22.1. The van der Waals surface area contributed by atoms with Gasteiger partial charge >= 0.3 is 0 Å². The Kier molecular flexibility index (Phi) is 31.1. The van der Waals surface area contributed by atoms with Gasteiger partial charge in [-0.1, -0.05) is 151 Å². The Labute approximate surface area is 771 Å². The van der Waals surface area contributed by atoms with Crippen LogP contribution in [-0.2, 0) is 81.7 Å². The van der Waals surface area contributed by atoms with Gasteiger partial charge in [-0.3, -0.25) is 57.5 Å². The number of hydrogen-bond donors (Lipinski definition) is 12. The molecule has 4 aromatic carbocycles. The van der Waals surface area contributed by atoms with Crippen molar-refractivity contribution in [1.29, 1.82) is 0 Å². The first-order chi connectivity index (χ1) is 62.9. The fraction of sp³-hybridized carbons (Fsp3) is 0.562. The highest BCUT2D eigenvalue weighted by atomic mass is 16.2. The van der Waals surface area contributed by atoms with Crippen LogP contribution < -0.4 is 63.8 Å². The molecule has 1 unspecified atom stereocenters. The fourth-order valence-electron chi connectivity index (χ4n) is 18.7. The molecular formula is C96H132N24O12. The monoisotopic (exact) mass is 1810 g/mol. The number of carbonyl (C=O) groups is 12. The smallest absolute Gasteiger partial charge is 0.251 e. The van der Waals surface area contributed by atoms with Gasteiger partial charge in [-0.25, -0.2) is 14.0 Å². The molecule has 3 aliphatic heterocycles. The number of aromatic nitrogens is 9. The van der Waals surface area contributed by atoms with Crippen molar-refractivity contribution < 1.29 is 57.5 Å². The largest absolute Gasteiger partial charge is 0.352 e. The lowest BCUT2D eigenvalue weighted by Gasteiger charge is -2.36. The van der Waals surface area contributed by atoms with Gasteiger partial charge in [0.05, 0.1) is 71.5 Å². The molecule has 12 N–H and O–H groups in total. The van der Waals surface area contributed by atoms with Crippen molar-refractivity contribution in [2.75, 3.05) is 60.4 Å². The van der Waals surface area contributed by atoms with E-state index in [2.05, 4.69) is 113 Å². The van der Waals surface area contributed by atoms with Crippen LogP contribution in [-0.4, -0.2) is 245 Å². The van der Waals surface area contributed by atoms with E-state index in [9.17, 15) is 43.2 Å². The second kappa shape index (κ2) is 42.1. The van der Waals surface area contributed by atoms with Crippen molar-refractivity contribution in [3.63, 3.8) is 0 Å². The van der Waals surface area contributed by atoms with Crippen LogP contribution in [0, 0.1) is 16.2 Å². The summed E-state index contributed by atoms with van der Waals surface area (Å²) in [5.74, 6) is -5.27. The summed E-state index contributed by atoms with van der Waals surface area (Å²) >= 11 is 0. The van der Waals surface area contributed by atoms with Gasteiger partial charge in [0, 0.05) is 113 Å². The zero-order valence-electron chi connectivity index (χ0n) is 78.7. The van der Waals surface area contributed by atoms with Gasteiger partial charge < -0.3 is 78.5 Å². The molecule has 15 atom stereocenters. The SMILES string of the molecule is CN[C@@H](C)C(=O)N[C@H](C(=O)N1CC(n2cc(CCNC(=O)c3cc(C(=O)NCCc4cn([C@H]5C[C@@H](C(=O)N[C@@H]6CCCc7ccccc76)N(C(=O)[C@@H](NC(=O)[C@H](C)NC)C(C)(C)C)C5)nn4)cc(C(=O)NCCc4cn([C@H]5C[C@@H](C(=O)N[C@@H]6CCCc7ccccc76)N(C(=O)[C@@H](NC(=O)[C@H](C)NC)C(C)(C)C)C5)nn4)c3)nn2)C[C@H]1C(=O)N[C@@H]1CCCc2ccccc21)C(C)(C)C. The Morgan fingerprint density at radius 3 is 0.886 bits per heavy atom. The van der Waals surface area contributed by atoms with E-state index in [0.29, 0.717) is 17.1 Å². The van der Waals surface area contributed by atoms with Crippen molar-refractivity contribution >= 4 is 70.9 Å². The predicted molar refractivity (Wildman–Crippen MR) is 493 cm³/mol. The van der Waals surface area contributed by atoms with E-state index in [0.717, 1.165) is 91.2 Å². The molecule has 708 valence electrons. The van der Waals surface area contributed by atoms with Crippen LogP contribution in [0.5, 0.6) is 0 Å². The highest BCUT2D eigenvalue weighted by Gasteiger charge is 2.51. The maximum Gasteiger partial charge on any atom is 0.251 e. The molecule has 0 bridgehead atoms. The molecule has 12 amide bonds. The number of hydrogen-bond acceptors (Lipinski definition) is 21. The van der Waals surface area contributed by atoms with Crippen LogP contribution in [0.4, 0.5) is 0 Å². The number of rotatable bonds is 33. The zero-order valence-corrected chi connectivity index (χ0v) is 78.7. The molecular weight excluding hydrogens is 1680 g/mol. The van der Waals surface area contributed by atoms with Crippen molar-refractivity contribution in [1.82, 2.24) is 123 Å². The van der Waals surface area contributed by atoms with E-state index in [1.54, 1.807) is 89.2 Å². The summed E-state index contributed by atoms with van der Waals surface area (Å²) in [7, 11) is 4.97. The third-order valence-electron chi connectivity index (χ3n) is 26.8. The average molecular weight is 1810 g/mol. The number of likely N-dealkylation sites (N-methyl/N-ethyl adjacent to an activating group) is 3. The van der Waals surface area contributed by atoms with Crippen LogP contribution >= 0.6 is 0 Å². The number of nitrogens with one attached hydrogen (secondary N) is 12. The summed E-state index contributed by atoms with van der Waals surface area (Å²) < 4.78 is 4.86. The van der Waals surface area contributed by atoms with Crippen molar-refractivity contribution in [2.24, 2.45) is 16.2 Å². The number of likely N-dealkylation sites (tertiary alicyclic amines) is 3. The number of benzene rings is 4. The van der Waals surface area contributed by atoms with Crippen molar-refractivity contribution in [3.05, 3.63) is 177 Å². The van der Waals surface area contributed by atoms with Gasteiger partial charge in [0.1, 0.15) is 36.3 Å². The lowest BCUT2D eigenvalue weighted by Crippen LogP contribution is -2.59. The van der Waals surface area contributed by atoms with E-state index >= 15 is 14.4 Å². The van der Waals surface area contributed by atoms with E-state index in [1.165, 1.54) is 18.2 Å². The van der Waals surface area contributed by atoms with Gasteiger partial charge in [0.25, 0.3) is 17.7 Å². The fourth-order valence-corrected chi connectivity index (χ4v) is 18.7. The van der Waals surface area contributed by atoms with Crippen LogP contribution in [0.2, 0.25) is 0 Å². The third-order valence-corrected chi connectivity index (χ3v) is 26.8. The van der Waals surface area contributed by atoms with Gasteiger partial charge in [-0.15, -0.1) is 15.3 Å². The van der Waals surface area contributed by atoms with Crippen LogP contribution in [0.1, 0.15) is 259 Å². The molecule has 0 radical (unpaired) electrons. The molecule has 6 aliphatic rings. The summed E-state index contributed by atoms with van der Waals surface area (Å²) in [6.07, 6.45) is 13.6. The summed E-state index contributed by atoms with van der Waals surface area (Å²) in [4.78, 5) is 178. The van der Waals surface area contributed by atoms with E-state index < -0.39 is 124 Å². The minimum absolute atomic E-state index is 0.00695. The van der Waals surface area contributed by atoms with Gasteiger partial charge in [0.2, 0.25) is 53.2 Å². The molecule has 13 rings (SSSR count). The Morgan fingerprint density at radius 1 is 0.379 bits per heavy atom. The molecule has 3 aromatic heterocycles. The second-order valence-electron chi connectivity index (χ2n) is 39.5. The van der Waals surface area contributed by atoms with Crippen LogP contribution in [0.15, 0.2) is 110 Å². The minimum atomic E-state index is -1.00. The molecule has 132 heavy (non-hydrogen) atoms.